The van der Waals surface area contributed by atoms with E-state index >= 15 is 0 Å². The van der Waals surface area contributed by atoms with Crippen molar-refractivity contribution in [2.24, 2.45) is 0 Å². The molecule has 0 spiro atoms. The third-order valence-electron chi connectivity index (χ3n) is 0.368. The first kappa shape index (κ1) is 7.61. The highest BCUT2D eigenvalue weighted by Crippen LogP contribution is 1.81. The number of aliphatic hydroxyl groups is 1. The molecule has 0 rings (SSSR count). The van der Waals surface area contributed by atoms with Crippen molar-refractivity contribution >= 4 is 10.1 Å². The summed E-state index contributed by atoms with van der Waals surface area (Å²) in [6.45, 7) is -0.429. The molecule has 48 valence electrons. The first-order valence-electron chi connectivity index (χ1n) is 1.79. The summed E-state index contributed by atoms with van der Waals surface area (Å²) in [6.07, 6.45) is 0.863. The molecule has 0 aliphatic rings. The number of hydrogen-bond acceptors (Lipinski definition) is 4. The van der Waals surface area contributed by atoms with Gasteiger partial charge in [0.25, 0.3) is 0 Å². The lowest BCUT2D eigenvalue weighted by Gasteiger charge is -1.95. The van der Waals surface area contributed by atoms with Crippen LogP contribution in [0.3, 0.4) is 0 Å². The van der Waals surface area contributed by atoms with Crippen molar-refractivity contribution in [3.63, 3.8) is 0 Å². The van der Waals surface area contributed by atoms with Crippen LogP contribution in [0.5, 0.6) is 0 Å². The summed E-state index contributed by atoms with van der Waals surface area (Å²) in [5.74, 6) is 0. The minimum atomic E-state index is -4.28. The van der Waals surface area contributed by atoms with E-state index in [9.17, 15) is 13.0 Å². The lowest BCUT2D eigenvalue weighted by Crippen LogP contribution is -1.90. The summed E-state index contributed by atoms with van der Waals surface area (Å²) < 4.78 is 28.9. The third kappa shape index (κ3) is 5.61. The van der Waals surface area contributed by atoms with Crippen molar-refractivity contribution in [2.45, 2.75) is 0 Å². The normalized spacial score (nSPS) is 12.8. The zero-order valence-electron chi connectivity index (χ0n) is 3.94. The topological polar surface area (TPSA) is 77.4 Å². The minimum absolute atomic E-state index is 0.410. The molecule has 0 bridgehead atoms. The Morgan fingerprint density at radius 3 is 2.25 bits per heavy atom. The fourth-order valence-electron chi connectivity index (χ4n) is 0.161. The first-order chi connectivity index (χ1) is 3.56. The van der Waals surface area contributed by atoms with Gasteiger partial charge in [0.15, 0.2) is 0 Å². The zero-order chi connectivity index (χ0) is 6.62. The fraction of sp³-hybridized carbons (Fsp3) is 0.333. The summed E-state index contributed by atoms with van der Waals surface area (Å²) in [4.78, 5) is 0. The van der Waals surface area contributed by atoms with E-state index in [0.717, 1.165) is 6.08 Å². The number of aliphatic hydroxyl groups excluding tert-OH is 1. The lowest BCUT2D eigenvalue weighted by molar-refractivity contribution is 0.342. The summed E-state index contributed by atoms with van der Waals surface area (Å²) in [7, 11) is -4.28. The average Bonchev–Trinajstić information content (AvgIpc) is 1.59. The molecule has 0 amide bonds. The van der Waals surface area contributed by atoms with Gasteiger partial charge in [-0.15, -0.1) is 0 Å². The van der Waals surface area contributed by atoms with Crippen molar-refractivity contribution in [1.29, 1.82) is 0 Å². The predicted octanol–water partition coefficient (Wildman–Crippen LogP) is -0.962. The molecule has 0 fully saturated rings. The Balaban J connectivity index is 3.92. The third-order valence-corrected chi connectivity index (χ3v) is 0.894. The summed E-state index contributed by atoms with van der Waals surface area (Å²) in [6, 6.07) is 0. The van der Waals surface area contributed by atoms with Gasteiger partial charge in [-0.2, -0.15) is 0 Å². The largest absolute Gasteiger partial charge is 0.744 e. The molecule has 8 heavy (non-hydrogen) atoms. The van der Waals surface area contributed by atoms with E-state index in [0.29, 0.717) is 5.41 Å². The van der Waals surface area contributed by atoms with Gasteiger partial charge in [-0.3, -0.25) is 0 Å². The van der Waals surface area contributed by atoms with Crippen LogP contribution in [0.1, 0.15) is 0 Å². The molecular formula is C3H5O4S-. The number of hydrogen-bond donors (Lipinski definition) is 1. The Bertz CT molecular complexity index is 166. The molecule has 0 aromatic carbocycles. The highest BCUT2D eigenvalue weighted by molar-refractivity contribution is 7.88. The first-order valence-corrected chi connectivity index (χ1v) is 3.26. The van der Waals surface area contributed by atoms with Gasteiger partial charge in [-0.1, -0.05) is 0 Å². The highest BCUT2D eigenvalue weighted by atomic mass is 32.2. The Morgan fingerprint density at radius 1 is 1.62 bits per heavy atom. The summed E-state index contributed by atoms with van der Waals surface area (Å²) in [5.41, 5.74) is 0. The van der Waals surface area contributed by atoms with Crippen LogP contribution in [0.25, 0.3) is 0 Å². The van der Waals surface area contributed by atoms with Gasteiger partial charge in [0.2, 0.25) is 0 Å². The highest BCUT2D eigenvalue weighted by Gasteiger charge is 1.79. The van der Waals surface area contributed by atoms with Crippen molar-refractivity contribution in [1.82, 2.24) is 0 Å². The summed E-state index contributed by atoms with van der Waals surface area (Å²) in [5, 5.41) is 8.35. The maximum absolute atomic E-state index is 9.64. The Kier molecular flexibility index (Phi) is 2.67. The quantitative estimate of drug-likeness (QED) is 0.497. The van der Waals surface area contributed by atoms with Crippen LogP contribution in [-0.2, 0) is 10.1 Å². The van der Waals surface area contributed by atoms with Crippen LogP contribution in [0, 0.1) is 0 Å². The van der Waals surface area contributed by atoms with E-state index < -0.39 is 16.7 Å². The SMILES string of the molecule is O=S(=O)([O-])C=CCO. The molecule has 0 unspecified atom stereocenters. The fourth-order valence-corrected chi connectivity index (χ4v) is 0.483. The Labute approximate surface area is 47.2 Å². The molecule has 0 aliphatic heterocycles. The van der Waals surface area contributed by atoms with E-state index in [1.807, 2.05) is 0 Å². The molecule has 0 aromatic heterocycles. The molecule has 0 atom stereocenters. The maximum atomic E-state index is 9.64. The minimum Gasteiger partial charge on any atom is -0.744 e. The van der Waals surface area contributed by atoms with E-state index in [-0.39, 0.29) is 0 Å². The van der Waals surface area contributed by atoms with Crippen LogP contribution in [0.4, 0.5) is 0 Å². The average molecular weight is 137 g/mol. The van der Waals surface area contributed by atoms with Gasteiger partial charge in [0, 0.05) is 5.41 Å². The Hall–Kier alpha value is -0.390. The predicted molar refractivity (Wildman–Crippen MR) is 25.9 cm³/mol. The van der Waals surface area contributed by atoms with Gasteiger partial charge < -0.3 is 9.66 Å². The van der Waals surface area contributed by atoms with Crippen molar-refractivity contribution < 1.29 is 18.1 Å². The van der Waals surface area contributed by atoms with Gasteiger partial charge in [0.1, 0.15) is 10.1 Å². The molecule has 0 saturated heterocycles. The summed E-state index contributed by atoms with van der Waals surface area (Å²) >= 11 is 0. The monoisotopic (exact) mass is 137 g/mol. The van der Waals surface area contributed by atoms with E-state index in [4.69, 9.17) is 5.11 Å². The molecule has 0 heterocycles. The second-order valence-electron chi connectivity index (χ2n) is 1.05. The van der Waals surface area contributed by atoms with E-state index in [1.54, 1.807) is 0 Å². The van der Waals surface area contributed by atoms with Crippen LogP contribution in [0.15, 0.2) is 11.5 Å². The number of rotatable bonds is 2. The van der Waals surface area contributed by atoms with E-state index in [1.165, 1.54) is 0 Å². The van der Waals surface area contributed by atoms with Gasteiger partial charge >= 0.3 is 0 Å². The molecule has 0 aliphatic carbocycles. The second kappa shape index (κ2) is 2.81. The zero-order valence-corrected chi connectivity index (χ0v) is 4.76. The van der Waals surface area contributed by atoms with Crippen LogP contribution in [0.2, 0.25) is 0 Å². The molecule has 1 N–H and O–H groups in total. The van der Waals surface area contributed by atoms with Crippen molar-refractivity contribution in [3.8, 4) is 0 Å². The van der Waals surface area contributed by atoms with Crippen LogP contribution < -0.4 is 0 Å². The second-order valence-corrected chi connectivity index (χ2v) is 2.30. The van der Waals surface area contributed by atoms with Gasteiger partial charge in [-0.25, -0.2) is 8.42 Å². The van der Waals surface area contributed by atoms with Crippen LogP contribution in [-0.4, -0.2) is 24.7 Å². The molecule has 0 aromatic rings. The smallest absolute Gasteiger partial charge is 0.117 e. The molecule has 0 radical (unpaired) electrons. The van der Waals surface area contributed by atoms with Gasteiger partial charge in [0.05, 0.1) is 6.61 Å². The van der Waals surface area contributed by atoms with Gasteiger partial charge in [-0.05, 0) is 6.08 Å². The molecule has 5 heteroatoms. The molecular weight excluding hydrogens is 132 g/mol. The molecule has 4 nitrogen and oxygen atoms in total. The standard InChI is InChI=1S/C3H6O4S/c4-2-1-3-8(5,6)7/h1,3-4H,2H2,(H,5,6,7)/p-1. The Morgan fingerprint density at radius 2 is 2.12 bits per heavy atom. The van der Waals surface area contributed by atoms with E-state index in [2.05, 4.69) is 0 Å². The molecule has 0 saturated carbocycles. The van der Waals surface area contributed by atoms with Crippen molar-refractivity contribution in [2.75, 3.05) is 6.61 Å². The lowest BCUT2D eigenvalue weighted by atomic mass is 10.7. The van der Waals surface area contributed by atoms with Crippen molar-refractivity contribution in [3.05, 3.63) is 11.5 Å². The maximum Gasteiger partial charge on any atom is 0.117 e. The van der Waals surface area contributed by atoms with Crippen LogP contribution >= 0.6 is 0 Å².